The Bertz CT molecular complexity index is 494. The van der Waals surface area contributed by atoms with Crippen molar-refractivity contribution >= 4 is 13.4 Å². The molecule has 0 aromatic carbocycles. The molecule has 0 aliphatic heterocycles. The van der Waals surface area contributed by atoms with Gasteiger partial charge in [0.2, 0.25) is 0 Å². The zero-order valence-electron chi connectivity index (χ0n) is 9.24. The number of aryl methyl sites for hydroxylation is 1. The van der Waals surface area contributed by atoms with Gasteiger partial charge in [0.05, 0.1) is 6.20 Å². The Morgan fingerprint density at radius 2 is 2.24 bits per heavy atom. The number of hydrogen-bond donors (Lipinski definition) is 3. The molecule has 0 saturated carbocycles. The SMILES string of the molecule is CCCn1cc(OCP(=O)(O)O)c(N)nc1=O. The molecule has 0 fully saturated rings. The predicted molar refractivity (Wildman–Crippen MR) is 60.7 cm³/mol. The lowest BCUT2D eigenvalue weighted by atomic mass is 10.4. The van der Waals surface area contributed by atoms with Crippen molar-refractivity contribution in [2.75, 3.05) is 12.1 Å². The number of nitrogens with zero attached hydrogens (tertiary/aromatic N) is 2. The van der Waals surface area contributed by atoms with Gasteiger partial charge in [-0.25, -0.2) is 4.79 Å². The summed E-state index contributed by atoms with van der Waals surface area (Å²) < 4.78 is 16.7. The van der Waals surface area contributed by atoms with Gasteiger partial charge in [0.15, 0.2) is 17.9 Å². The summed E-state index contributed by atoms with van der Waals surface area (Å²) in [5.74, 6) is -0.197. The summed E-state index contributed by atoms with van der Waals surface area (Å²) in [6, 6.07) is 0. The number of ether oxygens (including phenoxy) is 1. The van der Waals surface area contributed by atoms with Crippen LogP contribution in [-0.4, -0.2) is 25.7 Å². The maximum atomic E-state index is 11.3. The summed E-state index contributed by atoms with van der Waals surface area (Å²) in [6.07, 6.45) is 1.20. The van der Waals surface area contributed by atoms with Crippen LogP contribution in [0.25, 0.3) is 0 Å². The average Bonchev–Trinajstić information content (AvgIpc) is 2.19. The quantitative estimate of drug-likeness (QED) is 0.625. The average molecular weight is 263 g/mol. The smallest absolute Gasteiger partial charge is 0.362 e. The number of nitrogens with two attached hydrogens (primary N) is 1. The second-order valence-electron chi connectivity index (χ2n) is 3.40. The van der Waals surface area contributed by atoms with E-state index in [1.165, 1.54) is 10.8 Å². The highest BCUT2D eigenvalue weighted by Gasteiger charge is 2.16. The van der Waals surface area contributed by atoms with E-state index in [1.807, 2.05) is 6.92 Å². The van der Waals surface area contributed by atoms with Crippen LogP contribution < -0.4 is 16.2 Å². The minimum Gasteiger partial charge on any atom is -0.476 e. The molecule has 9 heteroatoms. The summed E-state index contributed by atoms with van der Waals surface area (Å²) in [6.45, 7) is 2.30. The van der Waals surface area contributed by atoms with Gasteiger partial charge in [-0.15, -0.1) is 0 Å². The Kier molecular flexibility index (Phi) is 4.28. The maximum absolute atomic E-state index is 11.3. The lowest BCUT2D eigenvalue weighted by molar-refractivity contribution is 0.299. The first-order valence-electron chi connectivity index (χ1n) is 4.88. The molecule has 0 aliphatic carbocycles. The minimum atomic E-state index is -4.29. The van der Waals surface area contributed by atoms with E-state index in [9.17, 15) is 9.36 Å². The molecule has 1 aromatic heterocycles. The van der Waals surface area contributed by atoms with Crippen molar-refractivity contribution in [3.05, 3.63) is 16.7 Å². The van der Waals surface area contributed by atoms with E-state index in [4.69, 9.17) is 20.3 Å². The van der Waals surface area contributed by atoms with E-state index >= 15 is 0 Å². The van der Waals surface area contributed by atoms with Crippen LogP contribution in [0.5, 0.6) is 5.75 Å². The van der Waals surface area contributed by atoms with Crippen LogP contribution in [-0.2, 0) is 11.1 Å². The fourth-order valence-electron chi connectivity index (χ4n) is 1.15. The number of hydrogen-bond acceptors (Lipinski definition) is 5. The van der Waals surface area contributed by atoms with E-state index in [0.29, 0.717) is 13.0 Å². The Labute approximate surface area is 97.2 Å². The highest BCUT2D eigenvalue weighted by molar-refractivity contribution is 7.51. The molecule has 0 radical (unpaired) electrons. The van der Waals surface area contributed by atoms with Crippen molar-refractivity contribution in [3.63, 3.8) is 0 Å². The van der Waals surface area contributed by atoms with E-state index in [1.54, 1.807) is 0 Å². The van der Waals surface area contributed by atoms with Crippen LogP contribution in [0, 0.1) is 0 Å². The van der Waals surface area contributed by atoms with Gasteiger partial charge in [0.1, 0.15) is 0 Å². The molecule has 1 heterocycles. The highest BCUT2D eigenvalue weighted by atomic mass is 31.2. The summed E-state index contributed by atoms with van der Waals surface area (Å²) in [4.78, 5) is 32.2. The third-order valence-corrected chi connectivity index (χ3v) is 2.31. The van der Waals surface area contributed by atoms with Gasteiger partial charge < -0.3 is 20.3 Å². The maximum Gasteiger partial charge on any atom is 0.362 e. The molecule has 1 aromatic rings. The normalized spacial score (nSPS) is 11.5. The van der Waals surface area contributed by atoms with Gasteiger partial charge in [-0.05, 0) is 6.42 Å². The van der Waals surface area contributed by atoms with Gasteiger partial charge in [-0.2, -0.15) is 4.98 Å². The molecule has 0 atom stereocenters. The summed E-state index contributed by atoms with van der Waals surface area (Å²) in [7, 11) is -4.29. The minimum absolute atomic E-state index is 0.0126. The number of nitrogen functional groups attached to an aromatic ring is 1. The fourth-order valence-corrected chi connectivity index (χ4v) is 1.46. The summed E-state index contributed by atoms with van der Waals surface area (Å²) >= 11 is 0. The molecule has 4 N–H and O–H groups in total. The van der Waals surface area contributed by atoms with E-state index < -0.39 is 19.6 Å². The van der Waals surface area contributed by atoms with Gasteiger partial charge >= 0.3 is 13.3 Å². The third-order valence-electron chi connectivity index (χ3n) is 1.84. The van der Waals surface area contributed by atoms with Crippen LogP contribution in [0.15, 0.2) is 11.0 Å². The first-order valence-corrected chi connectivity index (χ1v) is 6.67. The lowest BCUT2D eigenvalue weighted by Crippen LogP contribution is -2.24. The van der Waals surface area contributed by atoms with Crippen LogP contribution in [0.2, 0.25) is 0 Å². The monoisotopic (exact) mass is 263 g/mol. The van der Waals surface area contributed by atoms with Gasteiger partial charge in [-0.1, -0.05) is 6.92 Å². The van der Waals surface area contributed by atoms with Crippen LogP contribution in [0.4, 0.5) is 5.82 Å². The zero-order valence-corrected chi connectivity index (χ0v) is 10.1. The molecule has 0 spiro atoms. The summed E-state index contributed by atoms with van der Waals surface area (Å²) in [5.41, 5.74) is 4.89. The van der Waals surface area contributed by atoms with E-state index in [2.05, 4.69) is 4.98 Å². The Hall–Kier alpha value is -1.37. The summed E-state index contributed by atoms with van der Waals surface area (Å²) in [5, 5.41) is 0. The zero-order chi connectivity index (χ0) is 13.1. The molecule has 0 unspecified atom stereocenters. The van der Waals surface area contributed by atoms with E-state index in [-0.39, 0.29) is 11.6 Å². The van der Waals surface area contributed by atoms with Crippen molar-refractivity contribution in [2.24, 2.45) is 0 Å². The van der Waals surface area contributed by atoms with Gasteiger partial charge in [0, 0.05) is 6.54 Å². The first kappa shape index (κ1) is 13.7. The molecule has 8 nitrogen and oxygen atoms in total. The van der Waals surface area contributed by atoms with E-state index in [0.717, 1.165) is 0 Å². The number of aromatic nitrogens is 2. The first-order chi connectivity index (χ1) is 7.83. The van der Waals surface area contributed by atoms with Crippen LogP contribution in [0.1, 0.15) is 13.3 Å². The molecule has 96 valence electrons. The Balaban J connectivity index is 2.95. The standard InChI is InChI=1S/C8H14N3O5P/c1-2-3-11-4-6(7(9)10-8(11)12)16-5-17(13,14)15/h4H,2-3,5H2,1H3,(H2,9,10,12)(H2,13,14,15). The molecular weight excluding hydrogens is 249 g/mol. The fraction of sp³-hybridized carbons (Fsp3) is 0.500. The Morgan fingerprint density at radius 1 is 1.59 bits per heavy atom. The van der Waals surface area contributed by atoms with Crippen molar-refractivity contribution in [2.45, 2.75) is 19.9 Å². The number of anilines is 1. The highest BCUT2D eigenvalue weighted by Crippen LogP contribution is 2.35. The van der Waals surface area contributed by atoms with Gasteiger partial charge in [-0.3, -0.25) is 9.13 Å². The van der Waals surface area contributed by atoms with Crippen molar-refractivity contribution < 1.29 is 19.1 Å². The Morgan fingerprint density at radius 3 is 2.76 bits per heavy atom. The molecule has 1 rings (SSSR count). The predicted octanol–water partition coefficient (Wildman–Crippen LogP) is -0.250. The van der Waals surface area contributed by atoms with Crippen LogP contribution >= 0.6 is 7.60 Å². The lowest BCUT2D eigenvalue weighted by Gasteiger charge is -2.11. The molecule has 0 amide bonds. The van der Waals surface area contributed by atoms with Crippen molar-refractivity contribution in [3.8, 4) is 5.75 Å². The number of rotatable bonds is 5. The van der Waals surface area contributed by atoms with Gasteiger partial charge in [0.25, 0.3) is 0 Å². The van der Waals surface area contributed by atoms with Crippen LogP contribution in [0.3, 0.4) is 0 Å². The molecule has 0 aliphatic rings. The van der Waals surface area contributed by atoms with Crippen molar-refractivity contribution in [1.29, 1.82) is 0 Å². The second kappa shape index (κ2) is 5.31. The topological polar surface area (TPSA) is 128 Å². The largest absolute Gasteiger partial charge is 0.476 e. The molecule has 0 saturated heterocycles. The molecular formula is C8H14N3O5P. The molecule has 0 bridgehead atoms. The third kappa shape index (κ3) is 4.18. The van der Waals surface area contributed by atoms with Crippen molar-refractivity contribution in [1.82, 2.24) is 9.55 Å². The molecule has 17 heavy (non-hydrogen) atoms. The second-order valence-corrected chi connectivity index (χ2v) is 4.99.